The summed E-state index contributed by atoms with van der Waals surface area (Å²) < 4.78 is 0. The summed E-state index contributed by atoms with van der Waals surface area (Å²) in [6.07, 6.45) is 10.2. The standard InChI is InChI=1S/C15H25N3/c16-11-12-5-2-1-3-6-13(12)17-14-8-10-18-9-4-7-15(14)18/h12-15,17H,1-10H2. The van der Waals surface area contributed by atoms with Gasteiger partial charge in [-0.25, -0.2) is 0 Å². The second-order valence-electron chi connectivity index (χ2n) is 6.29. The number of hydrogen-bond acceptors (Lipinski definition) is 3. The molecule has 0 radical (unpaired) electrons. The molecule has 0 amide bonds. The molecule has 2 aliphatic heterocycles. The monoisotopic (exact) mass is 247 g/mol. The molecule has 4 unspecified atom stereocenters. The topological polar surface area (TPSA) is 39.1 Å². The molecular weight excluding hydrogens is 222 g/mol. The summed E-state index contributed by atoms with van der Waals surface area (Å²) in [6.45, 7) is 2.57. The molecule has 3 nitrogen and oxygen atoms in total. The van der Waals surface area contributed by atoms with Crippen molar-refractivity contribution in [3.8, 4) is 6.07 Å². The van der Waals surface area contributed by atoms with Crippen LogP contribution < -0.4 is 5.32 Å². The van der Waals surface area contributed by atoms with Crippen LogP contribution in [0.5, 0.6) is 0 Å². The van der Waals surface area contributed by atoms with Gasteiger partial charge in [0.15, 0.2) is 0 Å². The average molecular weight is 247 g/mol. The molecule has 3 rings (SSSR count). The molecule has 0 aromatic heterocycles. The van der Waals surface area contributed by atoms with Crippen LogP contribution in [0.1, 0.15) is 51.4 Å². The van der Waals surface area contributed by atoms with E-state index in [2.05, 4.69) is 16.3 Å². The Morgan fingerprint density at radius 3 is 2.67 bits per heavy atom. The number of rotatable bonds is 2. The Morgan fingerprint density at radius 1 is 0.889 bits per heavy atom. The zero-order valence-electron chi connectivity index (χ0n) is 11.3. The molecule has 0 aromatic carbocycles. The van der Waals surface area contributed by atoms with Crippen molar-refractivity contribution in [2.75, 3.05) is 13.1 Å². The van der Waals surface area contributed by atoms with Crippen LogP contribution in [0, 0.1) is 17.2 Å². The maximum absolute atomic E-state index is 9.35. The van der Waals surface area contributed by atoms with Gasteiger partial charge in [-0.2, -0.15) is 5.26 Å². The van der Waals surface area contributed by atoms with E-state index in [1.165, 1.54) is 58.0 Å². The van der Waals surface area contributed by atoms with Gasteiger partial charge in [0.1, 0.15) is 0 Å². The first kappa shape index (κ1) is 12.4. The molecule has 1 N–H and O–H groups in total. The molecule has 3 fully saturated rings. The molecule has 0 spiro atoms. The first-order valence-electron chi connectivity index (χ1n) is 7.78. The van der Waals surface area contributed by atoms with E-state index in [0.29, 0.717) is 12.1 Å². The molecule has 0 bridgehead atoms. The first-order chi connectivity index (χ1) is 8.88. The minimum absolute atomic E-state index is 0.253. The van der Waals surface area contributed by atoms with Crippen LogP contribution >= 0.6 is 0 Å². The Morgan fingerprint density at radius 2 is 1.78 bits per heavy atom. The maximum Gasteiger partial charge on any atom is 0.0672 e. The fourth-order valence-electron chi connectivity index (χ4n) is 4.21. The SMILES string of the molecule is N#CC1CCCCCC1NC1CCN2CCCC12. The van der Waals surface area contributed by atoms with Crippen molar-refractivity contribution in [2.24, 2.45) is 5.92 Å². The van der Waals surface area contributed by atoms with Gasteiger partial charge in [0.25, 0.3) is 0 Å². The molecule has 1 saturated carbocycles. The average Bonchev–Trinajstić information content (AvgIpc) is 2.90. The molecule has 1 aliphatic carbocycles. The van der Waals surface area contributed by atoms with E-state index < -0.39 is 0 Å². The highest BCUT2D eigenvalue weighted by molar-refractivity contribution is 5.00. The Balaban J connectivity index is 1.62. The number of nitrogens with one attached hydrogen (secondary N) is 1. The third-order valence-corrected chi connectivity index (χ3v) is 5.22. The molecule has 2 saturated heterocycles. The van der Waals surface area contributed by atoms with Gasteiger partial charge in [-0.3, -0.25) is 4.90 Å². The molecule has 3 aliphatic rings. The summed E-state index contributed by atoms with van der Waals surface area (Å²) in [5, 5.41) is 13.2. The van der Waals surface area contributed by atoms with Gasteiger partial charge >= 0.3 is 0 Å². The van der Waals surface area contributed by atoms with E-state index in [0.717, 1.165) is 12.5 Å². The fourth-order valence-corrected chi connectivity index (χ4v) is 4.21. The van der Waals surface area contributed by atoms with Gasteiger partial charge in [0, 0.05) is 24.7 Å². The van der Waals surface area contributed by atoms with Crippen LogP contribution in [-0.2, 0) is 0 Å². The lowest BCUT2D eigenvalue weighted by Gasteiger charge is -2.28. The van der Waals surface area contributed by atoms with E-state index >= 15 is 0 Å². The lowest BCUT2D eigenvalue weighted by molar-refractivity contribution is 0.272. The Labute approximate surface area is 111 Å². The van der Waals surface area contributed by atoms with E-state index in [-0.39, 0.29) is 5.92 Å². The first-order valence-corrected chi connectivity index (χ1v) is 7.78. The highest BCUT2D eigenvalue weighted by atomic mass is 15.2. The minimum Gasteiger partial charge on any atom is -0.308 e. The van der Waals surface area contributed by atoms with Crippen molar-refractivity contribution >= 4 is 0 Å². The second kappa shape index (κ2) is 5.59. The molecular formula is C15H25N3. The van der Waals surface area contributed by atoms with Crippen molar-refractivity contribution in [3.05, 3.63) is 0 Å². The predicted octanol–water partition coefficient (Wildman–Crippen LogP) is 2.29. The van der Waals surface area contributed by atoms with Crippen LogP contribution in [0.25, 0.3) is 0 Å². The quantitative estimate of drug-likeness (QED) is 0.761. The zero-order valence-corrected chi connectivity index (χ0v) is 11.3. The van der Waals surface area contributed by atoms with Crippen LogP contribution in [0.3, 0.4) is 0 Å². The van der Waals surface area contributed by atoms with Crippen molar-refractivity contribution < 1.29 is 0 Å². The Kier molecular flexibility index (Phi) is 3.86. The molecule has 4 atom stereocenters. The Bertz CT molecular complexity index is 322. The lowest BCUT2D eigenvalue weighted by Crippen LogP contribution is -2.47. The largest absolute Gasteiger partial charge is 0.308 e. The van der Waals surface area contributed by atoms with Gasteiger partial charge in [0.05, 0.1) is 12.0 Å². The van der Waals surface area contributed by atoms with Crippen LogP contribution in [0.2, 0.25) is 0 Å². The molecule has 18 heavy (non-hydrogen) atoms. The second-order valence-corrected chi connectivity index (χ2v) is 6.29. The summed E-state index contributed by atoms with van der Waals surface area (Å²) in [5.41, 5.74) is 0. The van der Waals surface area contributed by atoms with Crippen molar-refractivity contribution in [3.63, 3.8) is 0 Å². The van der Waals surface area contributed by atoms with Crippen molar-refractivity contribution in [2.45, 2.75) is 69.5 Å². The van der Waals surface area contributed by atoms with Gasteiger partial charge in [-0.05, 0) is 38.6 Å². The van der Waals surface area contributed by atoms with Gasteiger partial charge < -0.3 is 5.32 Å². The van der Waals surface area contributed by atoms with E-state index in [4.69, 9.17) is 0 Å². The molecule has 0 aromatic rings. The summed E-state index contributed by atoms with van der Waals surface area (Å²) >= 11 is 0. The van der Waals surface area contributed by atoms with E-state index in [1.807, 2.05) is 0 Å². The molecule has 2 heterocycles. The van der Waals surface area contributed by atoms with Gasteiger partial charge in [-0.1, -0.05) is 19.3 Å². The summed E-state index contributed by atoms with van der Waals surface area (Å²) in [5.74, 6) is 0.253. The Hall–Kier alpha value is -0.590. The van der Waals surface area contributed by atoms with Crippen LogP contribution in [0.4, 0.5) is 0 Å². The highest BCUT2D eigenvalue weighted by Gasteiger charge is 2.38. The van der Waals surface area contributed by atoms with E-state index in [9.17, 15) is 5.26 Å². The lowest BCUT2D eigenvalue weighted by atomic mass is 9.94. The maximum atomic E-state index is 9.35. The van der Waals surface area contributed by atoms with Gasteiger partial charge in [0.2, 0.25) is 0 Å². The number of hydrogen-bond donors (Lipinski definition) is 1. The van der Waals surface area contributed by atoms with Crippen molar-refractivity contribution in [1.29, 1.82) is 5.26 Å². The summed E-state index contributed by atoms with van der Waals surface area (Å²) in [7, 11) is 0. The number of nitrogens with zero attached hydrogens (tertiary/aromatic N) is 2. The van der Waals surface area contributed by atoms with Crippen molar-refractivity contribution in [1.82, 2.24) is 10.2 Å². The van der Waals surface area contributed by atoms with Crippen LogP contribution in [0.15, 0.2) is 0 Å². The summed E-state index contributed by atoms with van der Waals surface area (Å²) in [6, 6.07) is 4.44. The minimum atomic E-state index is 0.253. The predicted molar refractivity (Wildman–Crippen MR) is 72.1 cm³/mol. The van der Waals surface area contributed by atoms with Gasteiger partial charge in [-0.15, -0.1) is 0 Å². The smallest absolute Gasteiger partial charge is 0.0672 e. The zero-order chi connectivity index (χ0) is 12.4. The third-order valence-electron chi connectivity index (χ3n) is 5.22. The third kappa shape index (κ3) is 2.41. The normalized spacial score (nSPS) is 41.3. The number of nitriles is 1. The van der Waals surface area contributed by atoms with E-state index in [1.54, 1.807) is 0 Å². The van der Waals surface area contributed by atoms with Crippen LogP contribution in [-0.4, -0.2) is 36.1 Å². The fraction of sp³-hybridized carbons (Fsp3) is 0.933. The summed E-state index contributed by atoms with van der Waals surface area (Å²) in [4.78, 5) is 2.65. The molecule has 3 heteroatoms. The molecule has 100 valence electrons. The highest BCUT2D eigenvalue weighted by Crippen LogP contribution is 2.30. The number of fused-ring (bicyclic) bond motifs is 1.